The minimum absolute atomic E-state index is 0.0781. The summed E-state index contributed by atoms with van der Waals surface area (Å²) >= 11 is 0. The van der Waals surface area contributed by atoms with Crippen molar-refractivity contribution in [1.82, 2.24) is 0 Å². The smallest absolute Gasteiger partial charge is 0.124 e. The first-order chi connectivity index (χ1) is 7.74. The molecule has 0 aromatic heterocycles. The van der Waals surface area contributed by atoms with Gasteiger partial charge in [-0.05, 0) is 12.5 Å². The Morgan fingerprint density at radius 2 is 2.12 bits per heavy atom. The van der Waals surface area contributed by atoms with E-state index in [-0.39, 0.29) is 12.5 Å². The van der Waals surface area contributed by atoms with E-state index >= 15 is 0 Å². The van der Waals surface area contributed by atoms with Crippen LogP contribution in [0.4, 0.5) is 0 Å². The molecule has 1 aromatic carbocycles. The molecule has 3 heteroatoms. The zero-order valence-corrected chi connectivity index (χ0v) is 9.47. The SMILES string of the molecule is C=CC[C@H](CO)[C@H](O)c1ccccc1OC. The van der Waals surface area contributed by atoms with Crippen LogP contribution in [0.3, 0.4) is 0 Å². The molecule has 1 aromatic rings. The first-order valence-electron chi connectivity index (χ1n) is 5.27. The van der Waals surface area contributed by atoms with Crippen LogP contribution in [0.25, 0.3) is 0 Å². The molecule has 0 fully saturated rings. The second kappa shape index (κ2) is 6.30. The minimum atomic E-state index is -0.737. The molecular weight excluding hydrogens is 204 g/mol. The van der Waals surface area contributed by atoms with Gasteiger partial charge in [-0.3, -0.25) is 0 Å². The molecule has 0 aliphatic carbocycles. The maximum absolute atomic E-state index is 10.1. The molecule has 0 aliphatic heterocycles. The molecule has 0 saturated carbocycles. The number of ether oxygens (including phenoxy) is 1. The highest BCUT2D eigenvalue weighted by atomic mass is 16.5. The first-order valence-corrected chi connectivity index (χ1v) is 5.27. The molecule has 0 bridgehead atoms. The molecule has 16 heavy (non-hydrogen) atoms. The van der Waals surface area contributed by atoms with Gasteiger partial charge < -0.3 is 14.9 Å². The quantitative estimate of drug-likeness (QED) is 0.723. The normalized spacial score (nSPS) is 14.2. The number of hydrogen-bond donors (Lipinski definition) is 2. The molecule has 88 valence electrons. The highest BCUT2D eigenvalue weighted by molar-refractivity contribution is 5.35. The Morgan fingerprint density at radius 3 is 2.69 bits per heavy atom. The van der Waals surface area contributed by atoms with Gasteiger partial charge in [0.15, 0.2) is 0 Å². The van der Waals surface area contributed by atoms with Crippen LogP contribution in [0.1, 0.15) is 18.1 Å². The minimum Gasteiger partial charge on any atom is -0.496 e. The largest absolute Gasteiger partial charge is 0.496 e. The summed E-state index contributed by atoms with van der Waals surface area (Å²) in [6.45, 7) is 3.54. The Labute approximate surface area is 96.0 Å². The van der Waals surface area contributed by atoms with Gasteiger partial charge in [0.05, 0.1) is 13.2 Å². The van der Waals surface area contributed by atoms with Crippen molar-refractivity contribution in [2.75, 3.05) is 13.7 Å². The molecule has 0 saturated heterocycles. The van der Waals surface area contributed by atoms with Crippen molar-refractivity contribution in [1.29, 1.82) is 0 Å². The Balaban J connectivity index is 2.92. The summed E-state index contributed by atoms with van der Waals surface area (Å²) in [5.41, 5.74) is 0.700. The zero-order chi connectivity index (χ0) is 12.0. The molecular formula is C13H18O3. The molecule has 3 nitrogen and oxygen atoms in total. The summed E-state index contributed by atoms with van der Waals surface area (Å²) in [6, 6.07) is 7.27. The van der Waals surface area contributed by atoms with Gasteiger partial charge in [0.1, 0.15) is 5.75 Å². The van der Waals surface area contributed by atoms with Crippen molar-refractivity contribution in [3.8, 4) is 5.75 Å². The summed E-state index contributed by atoms with van der Waals surface area (Å²) in [4.78, 5) is 0. The van der Waals surface area contributed by atoms with Gasteiger partial charge in [-0.2, -0.15) is 0 Å². The molecule has 0 heterocycles. The summed E-state index contributed by atoms with van der Waals surface area (Å²) in [5.74, 6) is 0.395. The fourth-order valence-electron chi connectivity index (χ4n) is 1.68. The van der Waals surface area contributed by atoms with E-state index in [1.54, 1.807) is 25.3 Å². The summed E-state index contributed by atoms with van der Waals surface area (Å²) < 4.78 is 5.17. The van der Waals surface area contributed by atoms with Gasteiger partial charge in [-0.15, -0.1) is 6.58 Å². The summed E-state index contributed by atoms with van der Waals surface area (Å²) in [7, 11) is 1.56. The van der Waals surface area contributed by atoms with E-state index in [1.165, 1.54) is 0 Å². The van der Waals surface area contributed by atoms with Crippen LogP contribution < -0.4 is 4.74 Å². The predicted molar refractivity (Wildman–Crippen MR) is 63.3 cm³/mol. The summed E-state index contributed by atoms with van der Waals surface area (Å²) in [6.07, 6.45) is 1.52. The van der Waals surface area contributed by atoms with Crippen molar-refractivity contribution in [2.45, 2.75) is 12.5 Å². The van der Waals surface area contributed by atoms with Gasteiger partial charge in [-0.1, -0.05) is 24.3 Å². The average molecular weight is 222 g/mol. The van der Waals surface area contributed by atoms with Crippen LogP contribution in [-0.2, 0) is 0 Å². The highest BCUT2D eigenvalue weighted by Gasteiger charge is 2.21. The third-order valence-corrected chi connectivity index (χ3v) is 2.61. The Kier molecular flexibility index (Phi) is 5.02. The Hall–Kier alpha value is -1.32. The number of benzene rings is 1. The second-order valence-corrected chi connectivity index (χ2v) is 3.65. The van der Waals surface area contributed by atoms with Gasteiger partial charge in [-0.25, -0.2) is 0 Å². The monoisotopic (exact) mass is 222 g/mol. The number of aliphatic hydroxyl groups is 2. The standard InChI is InChI=1S/C13H18O3/c1-3-6-10(9-14)13(15)11-7-4-5-8-12(11)16-2/h3-5,7-8,10,13-15H,1,6,9H2,2H3/t10-,13+/m1/s1. The number of allylic oxidation sites excluding steroid dienone is 1. The fourth-order valence-corrected chi connectivity index (χ4v) is 1.68. The van der Waals surface area contributed by atoms with Crippen LogP contribution in [0, 0.1) is 5.92 Å². The lowest BCUT2D eigenvalue weighted by Crippen LogP contribution is -2.16. The van der Waals surface area contributed by atoms with E-state index in [4.69, 9.17) is 4.74 Å². The molecule has 0 aliphatic rings. The van der Waals surface area contributed by atoms with Crippen LogP contribution in [0.15, 0.2) is 36.9 Å². The lowest BCUT2D eigenvalue weighted by Gasteiger charge is -2.21. The molecule has 0 amide bonds. The number of hydrogen-bond acceptors (Lipinski definition) is 3. The number of para-hydroxylation sites is 1. The lowest BCUT2D eigenvalue weighted by atomic mass is 9.93. The predicted octanol–water partition coefficient (Wildman–Crippen LogP) is 1.91. The van der Waals surface area contributed by atoms with Crippen LogP contribution >= 0.6 is 0 Å². The lowest BCUT2D eigenvalue weighted by molar-refractivity contribution is 0.0665. The Bertz CT molecular complexity index is 336. The van der Waals surface area contributed by atoms with Crippen molar-refractivity contribution >= 4 is 0 Å². The van der Waals surface area contributed by atoms with E-state index in [0.29, 0.717) is 17.7 Å². The summed E-state index contributed by atoms with van der Waals surface area (Å²) in [5, 5.41) is 19.3. The van der Waals surface area contributed by atoms with Crippen molar-refractivity contribution in [3.05, 3.63) is 42.5 Å². The van der Waals surface area contributed by atoms with Crippen LogP contribution in [-0.4, -0.2) is 23.9 Å². The number of aliphatic hydroxyl groups excluding tert-OH is 2. The third kappa shape index (κ3) is 2.84. The third-order valence-electron chi connectivity index (χ3n) is 2.61. The van der Waals surface area contributed by atoms with Gasteiger partial charge >= 0.3 is 0 Å². The maximum Gasteiger partial charge on any atom is 0.124 e. The highest BCUT2D eigenvalue weighted by Crippen LogP contribution is 2.31. The van der Waals surface area contributed by atoms with E-state index < -0.39 is 6.10 Å². The maximum atomic E-state index is 10.1. The van der Waals surface area contributed by atoms with E-state index in [1.807, 2.05) is 12.1 Å². The fraction of sp³-hybridized carbons (Fsp3) is 0.385. The molecule has 2 N–H and O–H groups in total. The molecule has 0 unspecified atom stereocenters. The Morgan fingerprint density at radius 1 is 1.44 bits per heavy atom. The number of methoxy groups -OCH3 is 1. The first kappa shape index (κ1) is 12.7. The van der Waals surface area contributed by atoms with Crippen molar-refractivity contribution in [3.63, 3.8) is 0 Å². The van der Waals surface area contributed by atoms with E-state index in [0.717, 1.165) is 0 Å². The number of rotatable bonds is 6. The molecule has 1 rings (SSSR count). The molecule has 0 radical (unpaired) electrons. The van der Waals surface area contributed by atoms with Gasteiger partial charge in [0, 0.05) is 18.1 Å². The van der Waals surface area contributed by atoms with Crippen LogP contribution in [0.2, 0.25) is 0 Å². The topological polar surface area (TPSA) is 49.7 Å². The van der Waals surface area contributed by atoms with Crippen LogP contribution in [0.5, 0.6) is 5.75 Å². The van der Waals surface area contributed by atoms with Crippen molar-refractivity contribution < 1.29 is 14.9 Å². The van der Waals surface area contributed by atoms with Crippen molar-refractivity contribution in [2.24, 2.45) is 5.92 Å². The van der Waals surface area contributed by atoms with Gasteiger partial charge in [0.2, 0.25) is 0 Å². The van der Waals surface area contributed by atoms with E-state index in [9.17, 15) is 10.2 Å². The molecule has 2 atom stereocenters. The van der Waals surface area contributed by atoms with Gasteiger partial charge in [0.25, 0.3) is 0 Å². The molecule has 0 spiro atoms. The second-order valence-electron chi connectivity index (χ2n) is 3.65. The zero-order valence-electron chi connectivity index (χ0n) is 9.47. The average Bonchev–Trinajstić information content (AvgIpc) is 2.35. The van der Waals surface area contributed by atoms with E-state index in [2.05, 4.69) is 6.58 Å².